The Morgan fingerprint density at radius 3 is 2.44 bits per heavy atom. The highest BCUT2D eigenvalue weighted by Gasteiger charge is 2.09. The van der Waals surface area contributed by atoms with Crippen molar-refractivity contribution in [3.63, 3.8) is 0 Å². The maximum Gasteiger partial charge on any atom is 0.274 e. The normalized spacial score (nSPS) is 10.7. The molecule has 2 rings (SSSR count). The standard InChI is InChI=1S/C12H13BrN2O/c1-3-11-8(2)14-15(12(11)16)10-6-4-9(13)5-7-10/h4-7,14H,3H2,1-2H3. The summed E-state index contributed by atoms with van der Waals surface area (Å²) in [7, 11) is 0. The van der Waals surface area contributed by atoms with E-state index in [-0.39, 0.29) is 5.56 Å². The molecule has 16 heavy (non-hydrogen) atoms. The van der Waals surface area contributed by atoms with Crippen LogP contribution in [0.4, 0.5) is 0 Å². The summed E-state index contributed by atoms with van der Waals surface area (Å²) in [4.78, 5) is 12.0. The van der Waals surface area contributed by atoms with E-state index < -0.39 is 0 Å². The molecule has 0 amide bonds. The highest BCUT2D eigenvalue weighted by Crippen LogP contribution is 2.13. The molecule has 0 fully saturated rings. The molecule has 2 aromatic rings. The minimum Gasteiger partial charge on any atom is -0.295 e. The second-order valence-corrected chi connectivity index (χ2v) is 4.60. The van der Waals surface area contributed by atoms with Gasteiger partial charge >= 0.3 is 0 Å². The summed E-state index contributed by atoms with van der Waals surface area (Å²) in [6.07, 6.45) is 0.755. The molecule has 3 nitrogen and oxygen atoms in total. The molecule has 0 radical (unpaired) electrons. The fourth-order valence-electron chi connectivity index (χ4n) is 1.77. The van der Waals surface area contributed by atoms with Gasteiger partial charge in [-0.1, -0.05) is 22.9 Å². The lowest BCUT2D eigenvalue weighted by molar-refractivity contribution is 0.834. The first kappa shape index (κ1) is 11.2. The van der Waals surface area contributed by atoms with E-state index in [4.69, 9.17) is 0 Å². The van der Waals surface area contributed by atoms with Gasteiger partial charge in [-0.15, -0.1) is 0 Å². The molecule has 1 heterocycles. The van der Waals surface area contributed by atoms with Crippen molar-refractivity contribution in [2.45, 2.75) is 20.3 Å². The molecule has 0 atom stereocenters. The van der Waals surface area contributed by atoms with Crippen LogP contribution in [0.2, 0.25) is 0 Å². The van der Waals surface area contributed by atoms with Crippen molar-refractivity contribution in [1.82, 2.24) is 9.78 Å². The molecule has 4 heteroatoms. The van der Waals surface area contributed by atoms with Gasteiger partial charge in [0.2, 0.25) is 0 Å². The third-order valence-electron chi connectivity index (χ3n) is 2.63. The molecule has 0 aliphatic carbocycles. The summed E-state index contributed by atoms with van der Waals surface area (Å²) in [5, 5.41) is 3.09. The molecule has 0 saturated heterocycles. The second kappa shape index (κ2) is 4.29. The zero-order valence-corrected chi connectivity index (χ0v) is 10.8. The summed E-state index contributed by atoms with van der Waals surface area (Å²) >= 11 is 3.37. The van der Waals surface area contributed by atoms with Crippen molar-refractivity contribution in [1.29, 1.82) is 0 Å². The van der Waals surface area contributed by atoms with Crippen LogP contribution in [-0.2, 0) is 6.42 Å². The van der Waals surface area contributed by atoms with Crippen molar-refractivity contribution in [2.24, 2.45) is 0 Å². The Balaban J connectivity index is 2.57. The van der Waals surface area contributed by atoms with Gasteiger partial charge in [-0.05, 0) is 37.6 Å². The number of aromatic nitrogens is 2. The van der Waals surface area contributed by atoms with E-state index in [1.165, 1.54) is 0 Å². The van der Waals surface area contributed by atoms with Crippen LogP contribution in [0.5, 0.6) is 0 Å². The van der Waals surface area contributed by atoms with Crippen molar-refractivity contribution in [2.75, 3.05) is 0 Å². The zero-order chi connectivity index (χ0) is 11.7. The van der Waals surface area contributed by atoms with E-state index in [9.17, 15) is 4.79 Å². The summed E-state index contributed by atoms with van der Waals surface area (Å²) < 4.78 is 2.59. The molecule has 0 aliphatic rings. The smallest absolute Gasteiger partial charge is 0.274 e. The van der Waals surface area contributed by atoms with Crippen LogP contribution in [0.3, 0.4) is 0 Å². The van der Waals surface area contributed by atoms with Crippen LogP contribution >= 0.6 is 15.9 Å². The van der Waals surface area contributed by atoms with E-state index in [0.29, 0.717) is 0 Å². The van der Waals surface area contributed by atoms with Gasteiger partial charge in [0.1, 0.15) is 0 Å². The first-order valence-corrected chi connectivity index (χ1v) is 5.99. The lowest BCUT2D eigenvalue weighted by atomic mass is 10.2. The molecular weight excluding hydrogens is 268 g/mol. The molecule has 0 saturated carbocycles. The fourth-order valence-corrected chi connectivity index (χ4v) is 2.03. The molecular formula is C12H13BrN2O. The maximum atomic E-state index is 12.0. The van der Waals surface area contributed by atoms with Crippen LogP contribution in [0, 0.1) is 6.92 Å². The van der Waals surface area contributed by atoms with Gasteiger partial charge in [0.05, 0.1) is 5.69 Å². The molecule has 1 aromatic carbocycles. The molecule has 0 unspecified atom stereocenters. The van der Waals surface area contributed by atoms with Crippen molar-refractivity contribution in [3.8, 4) is 5.69 Å². The second-order valence-electron chi connectivity index (χ2n) is 3.69. The Labute approximate surface area is 102 Å². The van der Waals surface area contributed by atoms with Gasteiger partial charge in [-0.3, -0.25) is 9.89 Å². The number of nitrogens with one attached hydrogen (secondary N) is 1. The molecule has 0 bridgehead atoms. The maximum absolute atomic E-state index is 12.0. The average molecular weight is 281 g/mol. The van der Waals surface area contributed by atoms with E-state index in [1.807, 2.05) is 38.1 Å². The van der Waals surface area contributed by atoms with Crippen LogP contribution in [0.15, 0.2) is 33.5 Å². The van der Waals surface area contributed by atoms with Crippen LogP contribution in [0.1, 0.15) is 18.2 Å². The van der Waals surface area contributed by atoms with E-state index in [0.717, 1.165) is 27.8 Å². The molecule has 0 aliphatic heterocycles. The largest absolute Gasteiger partial charge is 0.295 e. The number of benzene rings is 1. The molecule has 1 N–H and O–H groups in total. The topological polar surface area (TPSA) is 37.8 Å². The minimum atomic E-state index is 0.0438. The minimum absolute atomic E-state index is 0.0438. The van der Waals surface area contributed by atoms with Gasteiger partial charge in [0.15, 0.2) is 0 Å². The Morgan fingerprint density at radius 2 is 1.94 bits per heavy atom. The fraction of sp³-hybridized carbons (Fsp3) is 0.250. The van der Waals surface area contributed by atoms with E-state index >= 15 is 0 Å². The summed E-state index contributed by atoms with van der Waals surface area (Å²) in [6.45, 7) is 3.92. The monoisotopic (exact) mass is 280 g/mol. The predicted octanol–water partition coefficient (Wildman–Crippen LogP) is 2.80. The number of halogens is 1. The highest BCUT2D eigenvalue weighted by molar-refractivity contribution is 9.10. The number of nitrogens with zero attached hydrogens (tertiary/aromatic N) is 1. The Kier molecular flexibility index (Phi) is 3.01. The zero-order valence-electron chi connectivity index (χ0n) is 9.25. The molecule has 0 spiro atoms. The van der Waals surface area contributed by atoms with Crippen LogP contribution < -0.4 is 5.56 Å². The molecule has 84 valence electrons. The van der Waals surface area contributed by atoms with Gasteiger partial charge in [0, 0.05) is 15.7 Å². The SMILES string of the molecule is CCc1c(C)[nH]n(-c2ccc(Br)cc2)c1=O. The first-order chi connectivity index (χ1) is 7.63. The number of hydrogen-bond donors (Lipinski definition) is 1. The number of aryl methyl sites for hydroxylation is 1. The lowest BCUT2D eigenvalue weighted by Crippen LogP contribution is -2.16. The van der Waals surface area contributed by atoms with Crippen molar-refractivity contribution >= 4 is 15.9 Å². The van der Waals surface area contributed by atoms with Gasteiger partial charge in [-0.2, -0.15) is 0 Å². The van der Waals surface area contributed by atoms with Crippen molar-refractivity contribution in [3.05, 3.63) is 50.3 Å². The lowest BCUT2D eigenvalue weighted by Gasteiger charge is -2.00. The number of aromatic amines is 1. The summed E-state index contributed by atoms with van der Waals surface area (Å²) in [5.74, 6) is 0. The summed E-state index contributed by atoms with van der Waals surface area (Å²) in [6, 6.07) is 7.65. The number of rotatable bonds is 2. The van der Waals surface area contributed by atoms with E-state index in [1.54, 1.807) is 4.68 Å². The highest BCUT2D eigenvalue weighted by atomic mass is 79.9. The quantitative estimate of drug-likeness (QED) is 0.903. The van der Waals surface area contributed by atoms with Gasteiger partial charge in [0.25, 0.3) is 5.56 Å². The third kappa shape index (κ3) is 1.85. The Bertz CT molecular complexity index is 551. The van der Waals surface area contributed by atoms with Gasteiger partial charge in [-0.25, -0.2) is 4.68 Å². The molecule has 1 aromatic heterocycles. The van der Waals surface area contributed by atoms with Crippen LogP contribution in [-0.4, -0.2) is 9.78 Å². The number of hydrogen-bond acceptors (Lipinski definition) is 1. The van der Waals surface area contributed by atoms with E-state index in [2.05, 4.69) is 21.0 Å². The predicted molar refractivity (Wildman–Crippen MR) is 68.2 cm³/mol. The van der Waals surface area contributed by atoms with Crippen LogP contribution in [0.25, 0.3) is 5.69 Å². The average Bonchev–Trinajstić information content (AvgIpc) is 2.55. The Hall–Kier alpha value is -1.29. The number of H-pyrrole nitrogens is 1. The Morgan fingerprint density at radius 1 is 1.31 bits per heavy atom. The van der Waals surface area contributed by atoms with Gasteiger partial charge < -0.3 is 0 Å². The van der Waals surface area contributed by atoms with Crippen molar-refractivity contribution < 1.29 is 0 Å². The first-order valence-electron chi connectivity index (χ1n) is 5.20. The summed E-state index contributed by atoms with van der Waals surface area (Å²) in [5.41, 5.74) is 2.69. The third-order valence-corrected chi connectivity index (χ3v) is 3.16.